The summed E-state index contributed by atoms with van der Waals surface area (Å²) >= 11 is 0. The molecule has 132 valence electrons. The van der Waals surface area contributed by atoms with Gasteiger partial charge in [0.15, 0.2) is 0 Å². The van der Waals surface area contributed by atoms with E-state index in [0.29, 0.717) is 19.6 Å². The molecule has 1 aliphatic heterocycles. The van der Waals surface area contributed by atoms with E-state index in [1.54, 1.807) is 4.90 Å². The third kappa shape index (κ3) is 4.07. The first-order chi connectivity index (χ1) is 12.1. The number of nitrogens with one attached hydrogen (secondary N) is 1. The highest BCUT2D eigenvalue weighted by Crippen LogP contribution is 2.20. The number of hydrogen-bond donors (Lipinski definition) is 1. The van der Waals surface area contributed by atoms with Gasteiger partial charge in [0.05, 0.1) is 23.9 Å². The van der Waals surface area contributed by atoms with Crippen LogP contribution in [0.2, 0.25) is 0 Å². The summed E-state index contributed by atoms with van der Waals surface area (Å²) in [6, 6.07) is 11.8. The molecule has 1 atom stereocenters. The molecule has 1 saturated heterocycles. The molecule has 1 unspecified atom stereocenters. The summed E-state index contributed by atoms with van der Waals surface area (Å²) in [4.78, 5) is 26.4. The van der Waals surface area contributed by atoms with Gasteiger partial charge in [0.2, 0.25) is 11.8 Å². The Labute approximate surface area is 147 Å². The Morgan fingerprint density at radius 1 is 1.32 bits per heavy atom. The number of aromatic nitrogens is 2. The summed E-state index contributed by atoms with van der Waals surface area (Å²) in [6.45, 7) is 6.21. The lowest BCUT2D eigenvalue weighted by Gasteiger charge is -2.16. The van der Waals surface area contributed by atoms with Gasteiger partial charge in [-0.3, -0.25) is 14.3 Å². The average molecular weight is 340 g/mol. The number of rotatable bonds is 6. The SMILES string of the molecule is CCn1nc(C)cc1CNC(=O)C1CC(=O)N(Cc2ccccc2)C1. The smallest absolute Gasteiger partial charge is 0.225 e. The molecule has 1 N–H and O–H groups in total. The van der Waals surface area contributed by atoms with E-state index in [9.17, 15) is 9.59 Å². The molecule has 2 heterocycles. The van der Waals surface area contributed by atoms with Crippen LogP contribution < -0.4 is 5.32 Å². The number of amides is 2. The van der Waals surface area contributed by atoms with Gasteiger partial charge in [-0.1, -0.05) is 30.3 Å². The van der Waals surface area contributed by atoms with E-state index in [-0.39, 0.29) is 24.2 Å². The molecule has 6 nitrogen and oxygen atoms in total. The monoisotopic (exact) mass is 340 g/mol. The number of hydrogen-bond acceptors (Lipinski definition) is 3. The molecule has 2 amide bonds. The van der Waals surface area contributed by atoms with E-state index in [2.05, 4.69) is 10.4 Å². The topological polar surface area (TPSA) is 67.2 Å². The number of aryl methyl sites for hydroxylation is 2. The van der Waals surface area contributed by atoms with Crippen LogP contribution in [0.25, 0.3) is 0 Å². The second kappa shape index (κ2) is 7.51. The standard InChI is InChI=1S/C19H24N4O2/c1-3-23-17(9-14(2)21-23)11-20-19(25)16-10-18(24)22(13-16)12-15-7-5-4-6-8-15/h4-9,16H,3,10-13H2,1-2H3,(H,20,25). The Morgan fingerprint density at radius 3 is 2.80 bits per heavy atom. The fourth-order valence-electron chi connectivity index (χ4n) is 3.24. The van der Waals surface area contributed by atoms with Crippen molar-refractivity contribution in [3.8, 4) is 0 Å². The summed E-state index contributed by atoms with van der Waals surface area (Å²) in [7, 11) is 0. The third-order valence-electron chi connectivity index (χ3n) is 4.53. The van der Waals surface area contributed by atoms with Gasteiger partial charge in [-0.05, 0) is 25.5 Å². The van der Waals surface area contributed by atoms with E-state index in [1.807, 2.05) is 54.9 Å². The average Bonchev–Trinajstić information content (AvgIpc) is 3.16. The maximum absolute atomic E-state index is 12.4. The molecule has 1 aromatic heterocycles. The molecule has 2 aromatic rings. The first-order valence-electron chi connectivity index (χ1n) is 8.69. The number of carbonyl (C=O) groups excluding carboxylic acids is 2. The molecule has 0 radical (unpaired) electrons. The molecule has 0 aliphatic carbocycles. The van der Waals surface area contributed by atoms with Gasteiger partial charge >= 0.3 is 0 Å². The molecular formula is C19H24N4O2. The highest BCUT2D eigenvalue weighted by Gasteiger charge is 2.34. The first kappa shape index (κ1) is 17.2. The normalized spacial score (nSPS) is 17.1. The van der Waals surface area contributed by atoms with Crippen LogP contribution >= 0.6 is 0 Å². The van der Waals surface area contributed by atoms with Gasteiger partial charge in [-0.15, -0.1) is 0 Å². The second-order valence-electron chi connectivity index (χ2n) is 6.47. The van der Waals surface area contributed by atoms with Crippen molar-refractivity contribution >= 4 is 11.8 Å². The van der Waals surface area contributed by atoms with Crippen LogP contribution in [-0.4, -0.2) is 33.0 Å². The van der Waals surface area contributed by atoms with E-state index in [1.165, 1.54) is 0 Å². The molecule has 3 rings (SSSR count). The lowest BCUT2D eigenvalue weighted by molar-refractivity contribution is -0.129. The van der Waals surface area contributed by atoms with Crippen LogP contribution in [0.5, 0.6) is 0 Å². The third-order valence-corrected chi connectivity index (χ3v) is 4.53. The minimum Gasteiger partial charge on any atom is -0.350 e. The zero-order valence-corrected chi connectivity index (χ0v) is 14.7. The molecule has 1 fully saturated rings. The summed E-state index contributed by atoms with van der Waals surface area (Å²) < 4.78 is 1.89. The number of benzene rings is 1. The predicted molar refractivity (Wildman–Crippen MR) is 94.5 cm³/mol. The zero-order chi connectivity index (χ0) is 17.8. The van der Waals surface area contributed by atoms with E-state index in [0.717, 1.165) is 23.5 Å². The Balaban J connectivity index is 1.55. The fraction of sp³-hybridized carbons (Fsp3) is 0.421. The number of likely N-dealkylation sites (tertiary alicyclic amines) is 1. The van der Waals surface area contributed by atoms with Gasteiger partial charge in [-0.2, -0.15) is 5.10 Å². The van der Waals surface area contributed by atoms with Crippen molar-refractivity contribution in [1.82, 2.24) is 20.0 Å². The molecule has 0 bridgehead atoms. The maximum Gasteiger partial charge on any atom is 0.225 e. The lowest BCUT2D eigenvalue weighted by atomic mass is 10.1. The van der Waals surface area contributed by atoms with Crippen molar-refractivity contribution in [3.63, 3.8) is 0 Å². The summed E-state index contributed by atoms with van der Waals surface area (Å²) in [5.41, 5.74) is 3.01. The number of nitrogens with zero attached hydrogens (tertiary/aromatic N) is 3. The Hall–Kier alpha value is -2.63. The van der Waals surface area contributed by atoms with Gasteiger partial charge < -0.3 is 10.2 Å². The van der Waals surface area contributed by atoms with Gasteiger partial charge in [-0.25, -0.2) is 0 Å². The molecule has 6 heteroatoms. The van der Waals surface area contributed by atoms with E-state index in [4.69, 9.17) is 0 Å². The Bertz CT molecular complexity index is 754. The minimum absolute atomic E-state index is 0.0402. The van der Waals surface area contributed by atoms with Crippen molar-refractivity contribution in [2.45, 2.75) is 39.9 Å². The predicted octanol–water partition coefficient (Wildman–Crippen LogP) is 1.88. The Morgan fingerprint density at radius 2 is 2.08 bits per heavy atom. The second-order valence-corrected chi connectivity index (χ2v) is 6.47. The molecule has 0 saturated carbocycles. The molecule has 25 heavy (non-hydrogen) atoms. The van der Waals surface area contributed by atoms with Crippen molar-refractivity contribution in [2.75, 3.05) is 6.54 Å². The van der Waals surface area contributed by atoms with Gasteiger partial charge in [0, 0.05) is 26.1 Å². The van der Waals surface area contributed by atoms with E-state index < -0.39 is 0 Å². The summed E-state index contributed by atoms with van der Waals surface area (Å²) in [5, 5.41) is 7.33. The first-order valence-corrected chi connectivity index (χ1v) is 8.69. The molecule has 0 spiro atoms. The summed E-state index contributed by atoms with van der Waals surface area (Å²) in [6.07, 6.45) is 0.282. The van der Waals surface area contributed by atoms with Gasteiger partial charge in [0.1, 0.15) is 0 Å². The maximum atomic E-state index is 12.4. The summed E-state index contributed by atoms with van der Waals surface area (Å²) in [5.74, 6) is -0.306. The van der Waals surface area contributed by atoms with Crippen molar-refractivity contribution in [3.05, 3.63) is 53.3 Å². The molecular weight excluding hydrogens is 316 g/mol. The number of carbonyl (C=O) groups is 2. The van der Waals surface area contributed by atoms with Crippen LogP contribution in [0.15, 0.2) is 36.4 Å². The van der Waals surface area contributed by atoms with Crippen LogP contribution in [0, 0.1) is 12.8 Å². The lowest BCUT2D eigenvalue weighted by Crippen LogP contribution is -2.33. The van der Waals surface area contributed by atoms with Crippen molar-refractivity contribution in [1.29, 1.82) is 0 Å². The molecule has 1 aliphatic rings. The van der Waals surface area contributed by atoms with Crippen molar-refractivity contribution < 1.29 is 9.59 Å². The Kier molecular flexibility index (Phi) is 5.16. The van der Waals surface area contributed by atoms with Crippen LogP contribution in [-0.2, 0) is 29.2 Å². The fourth-order valence-corrected chi connectivity index (χ4v) is 3.24. The zero-order valence-electron chi connectivity index (χ0n) is 14.7. The van der Waals surface area contributed by atoms with Crippen molar-refractivity contribution in [2.24, 2.45) is 5.92 Å². The van der Waals surface area contributed by atoms with Crippen LogP contribution in [0.4, 0.5) is 0 Å². The van der Waals surface area contributed by atoms with Crippen LogP contribution in [0.1, 0.15) is 30.3 Å². The highest BCUT2D eigenvalue weighted by atomic mass is 16.2. The highest BCUT2D eigenvalue weighted by molar-refractivity contribution is 5.89. The largest absolute Gasteiger partial charge is 0.350 e. The quantitative estimate of drug-likeness (QED) is 0.873. The van der Waals surface area contributed by atoms with E-state index >= 15 is 0 Å². The molecule has 1 aromatic carbocycles. The minimum atomic E-state index is -0.282. The van der Waals surface area contributed by atoms with Crippen LogP contribution in [0.3, 0.4) is 0 Å². The van der Waals surface area contributed by atoms with Gasteiger partial charge in [0.25, 0.3) is 0 Å².